The third kappa shape index (κ3) is 3.80. The van der Waals surface area contributed by atoms with Crippen LogP contribution in [0.1, 0.15) is 30.1 Å². The molecule has 0 saturated heterocycles. The number of hydrogen-bond donors (Lipinski definition) is 1. The summed E-state index contributed by atoms with van der Waals surface area (Å²) in [5.74, 6) is 1.43. The molecular formula is C17H15N3O3S2. The maximum Gasteiger partial charge on any atom is 0.270 e. The molecule has 128 valence electrons. The lowest BCUT2D eigenvalue weighted by Gasteiger charge is -2.03. The highest BCUT2D eigenvalue weighted by atomic mass is 32.2. The molecule has 1 aliphatic carbocycles. The van der Waals surface area contributed by atoms with E-state index in [1.807, 2.05) is 30.3 Å². The molecule has 2 heterocycles. The first-order valence-corrected chi connectivity index (χ1v) is 10.2. The molecule has 0 unspecified atom stereocenters. The Morgan fingerprint density at radius 3 is 2.76 bits per heavy atom. The van der Waals surface area contributed by atoms with Gasteiger partial charge >= 0.3 is 0 Å². The number of hydrogen-bond acceptors (Lipinski definition) is 6. The maximum absolute atomic E-state index is 12.3. The van der Waals surface area contributed by atoms with E-state index in [4.69, 9.17) is 4.52 Å². The smallest absolute Gasteiger partial charge is 0.270 e. The lowest BCUT2D eigenvalue weighted by molar-refractivity contribution is 0.423. The molecule has 25 heavy (non-hydrogen) atoms. The summed E-state index contributed by atoms with van der Waals surface area (Å²) in [6.45, 7) is 0. The summed E-state index contributed by atoms with van der Waals surface area (Å²) >= 11 is 1.36. The largest absolute Gasteiger partial charge is 0.333 e. The van der Waals surface area contributed by atoms with E-state index in [1.54, 1.807) is 17.5 Å². The summed E-state index contributed by atoms with van der Waals surface area (Å²) < 4.78 is 32.5. The Bertz CT molecular complexity index is 1000. The van der Waals surface area contributed by atoms with Crippen molar-refractivity contribution in [3.63, 3.8) is 0 Å². The standard InChI is InChI=1S/C17H15N3O3S2/c21-25(22,11-9-12-4-2-1-3-5-12)20-14-8-10-24-15(14)17-18-16(19-23-17)13-6-7-13/h1-5,8-11,13,20H,6-7H2/b11-9+. The van der Waals surface area contributed by atoms with Crippen molar-refractivity contribution in [3.8, 4) is 10.8 Å². The van der Waals surface area contributed by atoms with Gasteiger partial charge in [-0.2, -0.15) is 4.98 Å². The normalized spacial score (nSPS) is 14.9. The molecule has 0 spiro atoms. The quantitative estimate of drug-likeness (QED) is 0.703. The molecule has 3 aromatic rings. The maximum atomic E-state index is 12.3. The Balaban J connectivity index is 1.54. The molecule has 1 aromatic carbocycles. The summed E-state index contributed by atoms with van der Waals surface area (Å²) in [5.41, 5.74) is 1.25. The van der Waals surface area contributed by atoms with Gasteiger partial charge in [0.05, 0.1) is 11.1 Å². The summed E-state index contributed by atoms with van der Waals surface area (Å²) in [6.07, 6.45) is 3.70. The highest BCUT2D eigenvalue weighted by Crippen LogP contribution is 2.40. The molecule has 8 heteroatoms. The second kappa shape index (κ2) is 6.45. The first kappa shape index (κ1) is 16.0. The first-order chi connectivity index (χ1) is 12.1. The number of aromatic nitrogens is 2. The highest BCUT2D eigenvalue weighted by molar-refractivity contribution is 7.95. The van der Waals surface area contributed by atoms with Crippen molar-refractivity contribution < 1.29 is 12.9 Å². The predicted molar refractivity (Wildman–Crippen MR) is 97.6 cm³/mol. The molecule has 0 atom stereocenters. The van der Waals surface area contributed by atoms with Gasteiger partial charge in [-0.15, -0.1) is 11.3 Å². The molecule has 1 saturated carbocycles. The van der Waals surface area contributed by atoms with E-state index in [1.165, 1.54) is 11.3 Å². The van der Waals surface area contributed by atoms with Crippen LogP contribution in [0.3, 0.4) is 0 Å². The van der Waals surface area contributed by atoms with Crippen molar-refractivity contribution in [1.82, 2.24) is 10.1 Å². The van der Waals surface area contributed by atoms with Gasteiger partial charge < -0.3 is 4.52 Å². The number of nitrogens with one attached hydrogen (secondary N) is 1. The molecule has 0 aliphatic heterocycles. The van der Waals surface area contributed by atoms with Crippen LogP contribution in [0.15, 0.2) is 51.7 Å². The minimum atomic E-state index is -3.64. The van der Waals surface area contributed by atoms with Crippen LogP contribution in [0.25, 0.3) is 16.8 Å². The van der Waals surface area contributed by atoms with Gasteiger partial charge in [0, 0.05) is 5.92 Å². The molecule has 1 aliphatic rings. The van der Waals surface area contributed by atoms with Crippen molar-refractivity contribution >= 4 is 33.1 Å². The van der Waals surface area contributed by atoms with Crippen molar-refractivity contribution in [2.24, 2.45) is 0 Å². The van der Waals surface area contributed by atoms with Gasteiger partial charge in [-0.1, -0.05) is 35.5 Å². The van der Waals surface area contributed by atoms with Crippen molar-refractivity contribution in [1.29, 1.82) is 0 Å². The second-order valence-corrected chi connectivity index (χ2v) is 8.24. The van der Waals surface area contributed by atoms with E-state index < -0.39 is 10.0 Å². The first-order valence-electron chi connectivity index (χ1n) is 7.78. The minimum Gasteiger partial charge on any atom is -0.333 e. The summed E-state index contributed by atoms with van der Waals surface area (Å²) in [7, 11) is -3.64. The average Bonchev–Trinajstić information content (AvgIpc) is 3.17. The van der Waals surface area contributed by atoms with Gasteiger partial charge in [0.1, 0.15) is 4.88 Å². The van der Waals surface area contributed by atoms with Gasteiger partial charge in [0.25, 0.3) is 15.9 Å². The van der Waals surface area contributed by atoms with Crippen LogP contribution in [-0.2, 0) is 10.0 Å². The van der Waals surface area contributed by atoms with E-state index >= 15 is 0 Å². The van der Waals surface area contributed by atoms with Crippen LogP contribution in [0, 0.1) is 0 Å². The second-order valence-electron chi connectivity index (χ2n) is 5.76. The van der Waals surface area contributed by atoms with Gasteiger partial charge in [0.15, 0.2) is 5.82 Å². The number of sulfonamides is 1. The number of rotatable bonds is 6. The van der Waals surface area contributed by atoms with Crippen LogP contribution in [0.2, 0.25) is 0 Å². The van der Waals surface area contributed by atoms with E-state index in [0.717, 1.165) is 23.8 Å². The Morgan fingerprint density at radius 2 is 2.00 bits per heavy atom. The van der Waals surface area contributed by atoms with E-state index in [-0.39, 0.29) is 0 Å². The lowest BCUT2D eigenvalue weighted by Crippen LogP contribution is -2.08. The van der Waals surface area contributed by atoms with E-state index in [0.29, 0.717) is 28.2 Å². The lowest BCUT2D eigenvalue weighted by atomic mass is 10.2. The van der Waals surface area contributed by atoms with Gasteiger partial charge in [-0.25, -0.2) is 8.42 Å². The number of thiophene rings is 1. The van der Waals surface area contributed by atoms with E-state index in [2.05, 4.69) is 14.9 Å². The van der Waals surface area contributed by atoms with Gasteiger partial charge in [0.2, 0.25) is 0 Å². The van der Waals surface area contributed by atoms with Crippen LogP contribution < -0.4 is 4.72 Å². The van der Waals surface area contributed by atoms with Crippen molar-refractivity contribution in [3.05, 3.63) is 58.6 Å². The van der Waals surface area contributed by atoms with Crippen LogP contribution in [0.5, 0.6) is 0 Å². The molecule has 4 rings (SSSR count). The molecule has 0 amide bonds. The van der Waals surface area contributed by atoms with Gasteiger partial charge in [-0.05, 0) is 35.9 Å². The number of nitrogens with zero attached hydrogens (tertiary/aromatic N) is 2. The zero-order valence-electron chi connectivity index (χ0n) is 13.1. The minimum absolute atomic E-state index is 0.349. The van der Waals surface area contributed by atoms with Crippen molar-refractivity contribution in [2.45, 2.75) is 18.8 Å². The Morgan fingerprint density at radius 1 is 1.20 bits per heavy atom. The zero-order chi connectivity index (χ0) is 17.3. The Hall–Kier alpha value is -2.45. The highest BCUT2D eigenvalue weighted by Gasteiger charge is 2.29. The fraction of sp³-hybridized carbons (Fsp3) is 0.176. The third-order valence-electron chi connectivity index (χ3n) is 3.74. The number of benzene rings is 1. The molecular weight excluding hydrogens is 358 g/mol. The Labute approximate surface area is 149 Å². The molecule has 0 radical (unpaired) electrons. The van der Waals surface area contributed by atoms with Crippen LogP contribution >= 0.6 is 11.3 Å². The fourth-order valence-corrected chi connectivity index (χ4v) is 4.02. The summed E-state index contributed by atoms with van der Waals surface area (Å²) in [6, 6.07) is 10.9. The molecule has 1 N–H and O–H groups in total. The number of anilines is 1. The molecule has 2 aromatic heterocycles. The Kier molecular flexibility index (Phi) is 4.14. The topological polar surface area (TPSA) is 85.1 Å². The molecule has 1 fully saturated rings. The molecule has 0 bridgehead atoms. The molecule has 6 nitrogen and oxygen atoms in total. The predicted octanol–water partition coefficient (Wildman–Crippen LogP) is 4.09. The zero-order valence-corrected chi connectivity index (χ0v) is 14.8. The van der Waals surface area contributed by atoms with E-state index in [9.17, 15) is 8.42 Å². The monoisotopic (exact) mass is 373 g/mol. The van der Waals surface area contributed by atoms with Crippen LogP contribution in [-0.4, -0.2) is 18.6 Å². The fourth-order valence-electron chi connectivity index (χ4n) is 2.31. The van der Waals surface area contributed by atoms with Crippen LogP contribution in [0.4, 0.5) is 5.69 Å². The van der Waals surface area contributed by atoms with Crippen molar-refractivity contribution in [2.75, 3.05) is 4.72 Å². The average molecular weight is 373 g/mol. The summed E-state index contributed by atoms with van der Waals surface area (Å²) in [5, 5.41) is 6.91. The summed E-state index contributed by atoms with van der Waals surface area (Å²) in [4.78, 5) is 5.00. The van der Waals surface area contributed by atoms with Gasteiger partial charge in [-0.3, -0.25) is 4.72 Å². The SMILES string of the molecule is O=S(=O)(/C=C/c1ccccc1)Nc1ccsc1-c1nc(C2CC2)no1. The third-order valence-corrected chi connectivity index (χ3v) is 5.64.